The number of benzene rings is 1. The Hall–Kier alpha value is -1.75. The molecule has 3 N–H and O–H groups in total. The Morgan fingerprint density at radius 2 is 2.25 bits per heavy atom. The van der Waals surface area contributed by atoms with Crippen LogP contribution in [0, 0.1) is 0 Å². The number of aliphatic hydroxyl groups excluding tert-OH is 1. The largest absolute Gasteiger partial charge is 0.495 e. The smallest absolute Gasteiger partial charge is 0.256 e. The topological polar surface area (TPSA) is 75.8 Å². The van der Waals surface area contributed by atoms with Gasteiger partial charge in [0.15, 0.2) is 0 Å². The van der Waals surface area contributed by atoms with Crippen LogP contribution >= 0.6 is 0 Å². The van der Waals surface area contributed by atoms with Crippen LogP contribution in [0.15, 0.2) is 18.2 Å². The second-order valence-electron chi connectivity index (χ2n) is 3.79. The minimum atomic E-state index is -0.407. The van der Waals surface area contributed by atoms with Gasteiger partial charge in [0.05, 0.1) is 24.5 Å². The van der Waals surface area contributed by atoms with Crippen LogP contribution < -0.4 is 10.5 Å². The molecule has 0 radical (unpaired) electrons. The number of anilines is 1. The number of nitrogens with two attached hydrogens (primary N) is 1. The molecule has 0 unspecified atom stereocenters. The van der Waals surface area contributed by atoms with Gasteiger partial charge in [-0.1, -0.05) is 6.07 Å². The molecule has 16 heavy (non-hydrogen) atoms. The number of hydrogen-bond acceptors (Lipinski definition) is 4. The second kappa shape index (κ2) is 4.02. The molecule has 1 aliphatic heterocycles. The van der Waals surface area contributed by atoms with Gasteiger partial charge in [-0.05, 0) is 12.1 Å². The van der Waals surface area contributed by atoms with Crippen LogP contribution in [0.3, 0.4) is 0 Å². The van der Waals surface area contributed by atoms with E-state index in [0.717, 1.165) is 0 Å². The highest BCUT2D eigenvalue weighted by molar-refractivity contribution is 6.00. The van der Waals surface area contributed by atoms with E-state index in [1.54, 1.807) is 23.1 Å². The number of β-amino-alcohol motifs (C(OH)–C–C–N with tert-alkyl or cyclic N) is 1. The maximum absolute atomic E-state index is 11.9. The third kappa shape index (κ3) is 1.69. The summed E-state index contributed by atoms with van der Waals surface area (Å²) in [6.45, 7) is 0.741. The predicted octanol–water partition coefficient (Wildman–Crippen LogP) is 0.0941. The predicted molar refractivity (Wildman–Crippen MR) is 59.3 cm³/mol. The third-order valence-corrected chi connectivity index (χ3v) is 2.67. The van der Waals surface area contributed by atoms with Crippen molar-refractivity contribution in [2.75, 3.05) is 25.9 Å². The van der Waals surface area contributed by atoms with Crippen molar-refractivity contribution in [3.8, 4) is 5.75 Å². The fourth-order valence-corrected chi connectivity index (χ4v) is 1.70. The Bertz CT molecular complexity index is 414. The summed E-state index contributed by atoms with van der Waals surface area (Å²) in [7, 11) is 1.51. The standard InChI is InChI=1S/C11H14N2O3/c1-16-9-4-2-3-8(10(9)12)11(15)13-5-7(14)6-13/h2-4,7,14H,5-6,12H2,1H3. The lowest BCUT2D eigenvalue weighted by Crippen LogP contribution is -2.53. The average molecular weight is 222 g/mol. The first-order valence-corrected chi connectivity index (χ1v) is 5.03. The van der Waals surface area contributed by atoms with E-state index in [2.05, 4.69) is 0 Å². The van der Waals surface area contributed by atoms with Gasteiger partial charge in [0.25, 0.3) is 5.91 Å². The number of para-hydroxylation sites is 1. The van der Waals surface area contributed by atoms with Gasteiger partial charge in [0.2, 0.25) is 0 Å². The monoisotopic (exact) mass is 222 g/mol. The molecule has 0 bridgehead atoms. The van der Waals surface area contributed by atoms with E-state index in [4.69, 9.17) is 15.6 Å². The molecule has 0 atom stereocenters. The van der Waals surface area contributed by atoms with Gasteiger partial charge in [0.1, 0.15) is 5.75 Å². The normalized spacial score (nSPS) is 15.8. The summed E-state index contributed by atoms with van der Waals surface area (Å²) in [5, 5.41) is 9.13. The van der Waals surface area contributed by atoms with Crippen molar-refractivity contribution in [2.24, 2.45) is 0 Å². The van der Waals surface area contributed by atoms with Crippen molar-refractivity contribution in [3.63, 3.8) is 0 Å². The molecular weight excluding hydrogens is 208 g/mol. The molecule has 1 fully saturated rings. The van der Waals surface area contributed by atoms with Crippen molar-refractivity contribution in [2.45, 2.75) is 6.10 Å². The molecule has 1 aromatic rings. The summed E-state index contributed by atoms with van der Waals surface area (Å²) in [4.78, 5) is 13.5. The molecule has 0 saturated carbocycles. The summed E-state index contributed by atoms with van der Waals surface area (Å²) in [5.74, 6) is 0.327. The lowest BCUT2D eigenvalue weighted by atomic mass is 10.1. The molecule has 1 aromatic carbocycles. The van der Waals surface area contributed by atoms with Crippen LogP contribution in [0.1, 0.15) is 10.4 Å². The van der Waals surface area contributed by atoms with E-state index >= 15 is 0 Å². The van der Waals surface area contributed by atoms with Crippen molar-refractivity contribution in [3.05, 3.63) is 23.8 Å². The number of carbonyl (C=O) groups is 1. The zero-order valence-electron chi connectivity index (χ0n) is 9.01. The lowest BCUT2D eigenvalue weighted by molar-refractivity contribution is 0.00595. The Morgan fingerprint density at radius 3 is 2.81 bits per heavy atom. The van der Waals surface area contributed by atoms with E-state index in [1.165, 1.54) is 7.11 Å². The van der Waals surface area contributed by atoms with Crippen LogP contribution in [-0.4, -0.2) is 42.2 Å². The number of likely N-dealkylation sites (tertiary alicyclic amines) is 1. The summed E-state index contributed by atoms with van der Waals surface area (Å²) in [6, 6.07) is 5.08. The zero-order valence-corrected chi connectivity index (χ0v) is 9.01. The van der Waals surface area contributed by atoms with Crippen LogP contribution in [-0.2, 0) is 0 Å². The summed E-state index contributed by atoms with van der Waals surface area (Å²) >= 11 is 0. The number of methoxy groups -OCH3 is 1. The van der Waals surface area contributed by atoms with Crippen LogP contribution in [0.5, 0.6) is 5.75 Å². The van der Waals surface area contributed by atoms with Crippen molar-refractivity contribution < 1.29 is 14.6 Å². The van der Waals surface area contributed by atoms with E-state index < -0.39 is 6.10 Å². The molecule has 86 valence electrons. The molecule has 2 rings (SSSR count). The Balaban J connectivity index is 2.23. The quantitative estimate of drug-likeness (QED) is 0.695. The van der Waals surface area contributed by atoms with Gasteiger partial charge in [-0.2, -0.15) is 0 Å². The summed E-state index contributed by atoms with van der Waals surface area (Å²) in [6.07, 6.45) is -0.407. The minimum Gasteiger partial charge on any atom is -0.495 e. The zero-order chi connectivity index (χ0) is 11.7. The fourth-order valence-electron chi connectivity index (χ4n) is 1.70. The fraction of sp³-hybridized carbons (Fsp3) is 0.364. The highest BCUT2D eigenvalue weighted by atomic mass is 16.5. The lowest BCUT2D eigenvalue weighted by Gasteiger charge is -2.36. The molecule has 1 aliphatic rings. The first-order chi connectivity index (χ1) is 7.63. The molecule has 5 heteroatoms. The molecule has 0 spiro atoms. The number of aliphatic hydroxyl groups is 1. The minimum absolute atomic E-state index is 0.165. The Kier molecular flexibility index (Phi) is 2.70. The SMILES string of the molecule is COc1cccc(C(=O)N2CC(O)C2)c1N. The highest BCUT2D eigenvalue weighted by Crippen LogP contribution is 2.26. The molecule has 5 nitrogen and oxygen atoms in total. The van der Waals surface area contributed by atoms with E-state index in [9.17, 15) is 4.79 Å². The number of amides is 1. The molecule has 0 aliphatic carbocycles. The molecule has 1 amide bonds. The molecular formula is C11H14N2O3. The maximum Gasteiger partial charge on any atom is 0.256 e. The van der Waals surface area contributed by atoms with Gasteiger partial charge in [-0.15, -0.1) is 0 Å². The molecule has 1 saturated heterocycles. The molecule has 0 aromatic heterocycles. The van der Waals surface area contributed by atoms with Gasteiger partial charge < -0.3 is 20.5 Å². The number of rotatable bonds is 2. The number of ether oxygens (including phenoxy) is 1. The number of hydrogen-bond donors (Lipinski definition) is 2. The third-order valence-electron chi connectivity index (χ3n) is 2.67. The number of nitrogens with zero attached hydrogens (tertiary/aromatic N) is 1. The van der Waals surface area contributed by atoms with Crippen molar-refractivity contribution >= 4 is 11.6 Å². The average Bonchev–Trinajstić information content (AvgIpc) is 2.24. The Labute approximate surface area is 93.4 Å². The number of carbonyl (C=O) groups excluding carboxylic acids is 1. The first-order valence-electron chi connectivity index (χ1n) is 5.03. The van der Waals surface area contributed by atoms with Crippen molar-refractivity contribution in [1.82, 2.24) is 4.90 Å². The van der Waals surface area contributed by atoms with Crippen molar-refractivity contribution in [1.29, 1.82) is 0 Å². The van der Waals surface area contributed by atoms with Gasteiger partial charge >= 0.3 is 0 Å². The van der Waals surface area contributed by atoms with Crippen LogP contribution in [0.25, 0.3) is 0 Å². The van der Waals surface area contributed by atoms with Crippen LogP contribution in [0.2, 0.25) is 0 Å². The van der Waals surface area contributed by atoms with Gasteiger partial charge in [-0.25, -0.2) is 0 Å². The van der Waals surface area contributed by atoms with E-state index in [0.29, 0.717) is 30.1 Å². The first kappa shape index (κ1) is 10.8. The second-order valence-corrected chi connectivity index (χ2v) is 3.79. The van der Waals surface area contributed by atoms with E-state index in [-0.39, 0.29) is 5.91 Å². The number of nitrogen functional groups attached to an aromatic ring is 1. The highest BCUT2D eigenvalue weighted by Gasteiger charge is 2.30. The van der Waals surface area contributed by atoms with E-state index in [1.807, 2.05) is 0 Å². The Morgan fingerprint density at radius 1 is 1.56 bits per heavy atom. The summed E-state index contributed by atoms with van der Waals surface area (Å²) < 4.78 is 5.04. The molecule has 1 heterocycles. The maximum atomic E-state index is 11.9. The van der Waals surface area contributed by atoms with Crippen LogP contribution in [0.4, 0.5) is 5.69 Å². The van der Waals surface area contributed by atoms with Gasteiger partial charge in [0, 0.05) is 13.1 Å². The summed E-state index contributed by atoms with van der Waals surface area (Å²) in [5.41, 5.74) is 6.58. The van der Waals surface area contributed by atoms with Gasteiger partial charge in [-0.3, -0.25) is 4.79 Å².